The Bertz CT molecular complexity index is 1270. The molecule has 0 aliphatic carbocycles. The van der Waals surface area contributed by atoms with Gasteiger partial charge < -0.3 is 18.9 Å². The van der Waals surface area contributed by atoms with Crippen molar-refractivity contribution in [2.24, 2.45) is 0 Å². The highest BCUT2D eigenvalue weighted by molar-refractivity contribution is 9.11. The lowest BCUT2D eigenvalue weighted by Gasteiger charge is -2.17. The third-order valence-electron chi connectivity index (χ3n) is 6.28. The summed E-state index contributed by atoms with van der Waals surface area (Å²) in [6.07, 6.45) is 3.57. The van der Waals surface area contributed by atoms with Crippen molar-refractivity contribution in [1.29, 1.82) is 0 Å². The predicted octanol–water partition coefficient (Wildman–Crippen LogP) is 9.57. The van der Waals surface area contributed by atoms with E-state index in [-0.39, 0.29) is 12.6 Å². The normalized spacial score (nSPS) is 12.8. The van der Waals surface area contributed by atoms with Gasteiger partial charge in [-0.15, -0.1) is 0 Å². The van der Waals surface area contributed by atoms with Crippen molar-refractivity contribution in [3.63, 3.8) is 0 Å². The molecule has 0 aliphatic heterocycles. The molecule has 0 N–H and O–H groups in total. The Balaban J connectivity index is 1.64. The lowest BCUT2D eigenvalue weighted by molar-refractivity contribution is -0.0677. The van der Waals surface area contributed by atoms with E-state index < -0.39 is 0 Å². The summed E-state index contributed by atoms with van der Waals surface area (Å²) in [5.41, 5.74) is 4.97. The molecule has 1 aromatic heterocycles. The van der Waals surface area contributed by atoms with Gasteiger partial charge in [-0.1, -0.05) is 26.7 Å². The molecule has 4 rings (SSSR count). The first-order chi connectivity index (χ1) is 19.4. The van der Waals surface area contributed by atoms with Crippen molar-refractivity contribution in [3.8, 4) is 34.0 Å². The Morgan fingerprint density at radius 1 is 0.600 bits per heavy atom. The summed E-state index contributed by atoms with van der Waals surface area (Å²) in [7, 11) is 0. The lowest BCUT2D eigenvalue weighted by atomic mass is 10.0. The molecular formula is C32H36Br2N2O4. The van der Waals surface area contributed by atoms with Crippen LogP contribution in [-0.2, 0) is 9.47 Å². The number of benzene rings is 3. The molecule has 4 aromatic rings. The van der Waals surface area contributed by atoms with Gasteiger partial charge in [0, 0.05) is 20.1 Å². The maximum atomic E-state index is 5.95. The van der Waals surface area contributed by atoms with Crippen LogP contribution in [-0.4, -0.2) is 35.8 Å². The molecule has 8 heteroatoms. The van der Waals surface area contributed by atoms with E-state index in [0.29, 0.717) is 13.2 Å². The second-order valence-corrected chi connectivity index (χ2v) is 11.2. The fraction of sp³-hybridized carbons (Fsp3) is 0.375. The van der Waals surface area contributed by atoms with Gasteiger partial charge in [0.2, 0.25) is 0 Å². The van der Waals surface area contributed by atoms with E-state index in [1.807, 2.05) is 74.5 Å². The molecule has 0 amide bonds. The summed E-state index contributed by atoms with van der Waals surface area (Å²) < 4.78 is 25.1. The summed E-state index contributed by atoms with van der Waals surface area (Å²) in [6.45, 7) is 9.48. The van der Waals surface area contributed by atoms with Gasteiger partial charge >= 0.3 is 0 Å². The van der Waals surface area contributed by atoms with Crippen LogP contribution in [0.15, 0.2) is 69.6 Å². The number of unbranched alkanes of at least 4 members (excludes halogenated alkanes) is 2. The molecule has 40 heavy (non-hydrogen) atoms. The second kappa shape index (κ2) is 14.9. The number of rotatable bonds is 14. The highest BCUT2D eigenvalue weighted by Gasteiger charge is 2.17. The zero-order valence-electron chi connectivity index (χ0n) is 23.5. The van der Waals surface area contributed by atoms with Crippen molar-refractivity contribution >= 4 is 42.9 Å². The first-order valence-corrected chi connectivity index (χ1v) is 15.4. The zero-order valence-corrected chi connectivity index (χ0v) is 26.6. The Labute approximate surface area is 253 Å². The number of halogens is 2. The summed E-state index contributed by atoms with van der Waals surface area (Å²) in [4.78, 5) is 10.2. The molecule has 0 aliphatic rings. The summed E-state index contributed by atoms with van der Waals surface area (Å²) in [6, 6.07) is 19.7. The van der Waals surface area contributed by atoms with Crippen molar-refractivity contribution in [2.45, 2.75) is 66.0 Å². The summed E-state index contributed by atoms with van der Waals surface area (Å²) >= 11 is 7.30. The predicted molar refractivity (Wildman–Crippen MR) is 168 cm³/mol. The Morgan fingerprint density at radius 3 is 1.32 bits per heavy atom. The monoisotopic (exact) mass is 670 g/mol. The summed E-state index contributed by atoms with van der Waals surface area (Å²) in [5.74, 6) is 1.48. The number of hydrogen-bond donors (Lipinski definition) is 0. The van der Waals surface area contributed by atoms with Crippen molar-refractivity contribution < 1.29 is 18.9 Å². The first kappa shape index (κ1) is 30.4. The molecule has 1 heterocycles. The van der Waals surface area contributed by atoms with Crippen LogP contribution in [0.5, 0.6) is 11.5 Å². The minimum absolute atomic E-state index is 0.317. The third kappa shape index (κ3) is 8.03. The number of fused-ring (bicyclic) bond motifs is 1. The number of nitrogens with zero attached hydrogens (tertiary/aromatic N) is 2. The SMILES string of the molecule is CCCCOC(C)Oc1ccc(-c2nc3c(Br)ccc(Br)c3nc2-c2ccc(OC(C)OCCCC)cc2)cc1. The Morgan fingerprint density at radius 2 is 0.975 bits per heavy atom. The number of ether oxygens (including phenoxy) is 4. The van der Waals surface area contributed by atoms with Crippen LogP contribution in [0.2, 0.25) is 0 Å². The lowest BCUT2D eigenvalue weighted by Crippen LogP contribution is -2.16. The van der Waals surface area contributed by atoms with E-state index in [1.54, 1.807) is 0 Å². The van der Waals surface area contributed by atoms with E-state index >= 15 is 0 Å². The average molecular weight is 672 g/mol. The van der Waals surface area contributed by atoms with Gasteiger partial charge in [0.25, 0.3) is 0 Å². The molecule has 3 aromatic carbocycles. The van der Waals surface area contributed by atoms with Gasteiger partial charge in [0.15, 0.2) is 12.6 Å². The molecule has 0 spiro atoms. The van der Waals surface area contributed by atoms with Crippen LogP contribution in [0.4, 0.5) is 0 Å². The van der Waals surface area contributed by atoms with E-state index in [9.17, 15) is 0 Å². The van der Waals surface area contributed by atoms with Gasteiger partial charge in [-0.05, 0) is 119 Å². The molecule has 2 atom stereocenters. The molecule has 0 radical (unpaired) electrons. The Kier molecular flexibility index (Phi) is 11.4. The van der Waals surface area contributed by atoms with E-state index in [4.69, 9.17) is 28.9 Å². The first-order valence-electron chi connectivity index (χ1n) is 13.8. The zero-order chi connectivity index (χ0) is 28.5. The van der Waals surface area contributed by atoms with Gasteiger partial charge in [0.05, 0.1) is 24.6 Å². The molecule has 2 unspecified atom stereocenters. The van der Waals surface area contributed by atoms with Crippen LogP contribution >= 0.6 is 31.9 Å². The maximum Gasteiger partial charge on any atom is 0.196 e. The van der Waals surface area contributed by atoms with Crippen molar-refractivity contribution in [1.82, 2.24) is 9.97 Å². The van der Waals surface area contributed by atoms with E-state index in [2.05, 4.69) is 45.7 Å². The number of aromatic nitrogens is 2. The fourth-order valence-corrected chi connectivity index (χ4v) is 4.91. The molecular weight excluding hydrogens is 636 g/mol. The minimum atomic E-state index is -0.317. The molecule has 0 saturated carbocycles. The third-order valence-corrected chi connectivity index (χ3v) is 7.56. The molecule has 212 valence electrons. The van der Waals surface area contributed by atoms with E-state index in [1.165, 1.54) is 0 Å². The smallest absolute Gasteiger partial charge is 0.196 e. The fourth-order valence-electron chi connectivity index (χ4n) is 4.10. The maximum absolute atomic E-state index is 5.95. The van der Waals surface area contributed by atoms with Gasteiger partial charge in [-0.3, -0.25) is 0 Å². The number of hydrogen-bond acceptors (Lipinski definition) is 6. The van der Waals surface area contributed by atoms with Crippen LogP contribution in [0.3, 0.4) is 0 Å². The average Bonchev–Trinajstić information content (AvgIpc) is 2.96. The molecule has 0 saturated heterocycles. The molecule has 0 fully saturated rings. The molecule has 0 bridgehead atoms. The second-order valence-electron chi connectivity index (χ2n) is 9.52. The van der Waals surface area contributed by atoms with Crippen LogP contribution in [0.25, 0.3) is 33.5 Å². The van der Waals surface area contributed by atoms with E-state index in [0.717, 1.165) is 79.7 Å². The molecule has 6 nitrogen and oxygen atoms in total. The highest BCUT2D eigenvalue weighted by atomic mass is 79.9. The van der Waals surface area contributed by atoms with Crippen LogP contribution in [0, 0.1) is 0 Å². The van der Waals surface area contributed by atoms with Crippen molar-refractivity contribution in [3.05, 3.63) is 69.6 Å². The van der Waals surface area contributed by atoms with Gasteiger partial charge in [-0.2, -0.15) is 0 Å². The van der Waals surface area contributed by atoms with Crippen LogP contribution in [0.1, 0.15) is 53.4 Å². The topological polar surface area (TPSA) is 62.7 Å². The highest BCUT2D eigenvalue weighted by Crippen LogP contribution is 2.36. The Hall–Kier alpha value is -2.52. The van der Waals surface area contributed by atoms with Crippen molar-refractivity contribution in [2.75, 3.05) is 13.2 Å². The quantitative estimate of drug-likeness (QED) is 0.0983. The summed E-state index contributed by atoms with van der Waals surface area (Å²) in [5, 5.41) is 0. The largest absolute Gasteiger partial charge is 0.465 e. The standard InChI is InChI=1S/C32H36Br2N2O4/c1-5-7-19-37-21(3)39-25-13-9-23(10-14-25)29-30(36-32-28(34)18-17-27(33)31(32)35-29)24-11-15-26(16-12-24)40-22(4)38-20-8-6-2/h9-18,21-22H,5-8,19-20H2,1-4H3. The van der Waals surface area contributed by atoms with Crippen LogP contribution < -0.4 is 9.47 Å². The van der Waals surface area contributed by atoms with Gasteiger partial charge in [-0.25, -0.2) is 9.97 Å². The van der Waals surface area contributed by atoms with Gasteiger partial charge in [0.1, 0.15) is 22.5 Å². The minimum Gasteiger partial charge on any atom is -0.465 e.